The first kappa shape index (κ1) is 18.8. The van der Waals surface area contributed by atoms with Crippen molar-refractivity contribution in [3.05, 3.63) is 35.2 Å². The molecular formula is C18H25N3O4. The van der Waals surface area contributed by atoms with Gasteiger partial charge in [0.15, 0.2) is 12.2 Å². The van der Waals surface area contributed by atoms with Gasteiger partial charge in [0.2, 0.25) is 11.7 Å². The van der Waals surface area contributed by atoms with Crippen molar-refractivity contribution in [2.75, 3.05) is 51.0 Å². The second-order valence-electron chi connectivity index (χ2n) is 6.02. The minimum Gasteiger partial charge on any atom is -0.470 e. The summed E-state index contributed by atoms with van der Waals surface area (Å²) in [7, 11) is 4.05. The molecule has 0 saturated heterocycles. The van der Waals surface area contributed by atoms with Gasteiger partial charge < -0.3 is 25.0 Å². The minimum atomic E-state index is -0.660. The fourth-order valence-electron chi connectivity index (χ4n) is 2.38. The molecule has 25 heavy (non-hydrogen) atoms. The van der Waals surface area contributed by atoms with Gasteiger partial charge in [-0.2, -0.15) is 0 Å². The SMILES string of the molecule is CCOC(=O)C1=C(Nc2ccc(NCCN(C)C)cc2C)OCC1=O. The molecule has 2 N–H and O–H groups in total. The molecule has 0 unspecified atom stereocenters. The minimum absolute atomic E-state index is 0.0607. The van der Waals surface area contributed by atoms with E-state index >= 15 is 0 Å². The number of benzene rings is 1. The molecule has 0 aromatic heterocycles. The zero-order valence-electron chi connectivity index (χ0n) is 15.1. The second kappa shape index (κ2) is 8.53. The molecule has 2 rings (SSSR count). The number of hydrogen-bond donors (Lipinski definition) is 2. The lowest BCUT2D eigenvalue weighted by Gasteiger charge is -2.14. The molecule has 0 bridgehead atoms. The van der Waals surface area contributed by atoms with E-state index < -0.39 is 5.97 Å². The number of nitrogens with one attached hydrogen (secondary N) is 2. The molecule has 1 heterocycles. The van der Waals surface area contributed by atoms with Crippen LogP contribution in [0.4, 0.5) is 11.4 Å². The van der Waals surface area contributed by atoms with Crippen molar-refractivity contribution >= 4 is 23.1 Å². The molecule has 1 aromatic carbocycles. The van der Waals surface area contributed by atoms with E-state index in [0.717, 1.165) is 30.0 Å². The predicted octanol–water partition coefficient (Wildman–Crippen LogP) is 1.75. The average Bonchev–Trinajstić information content (AvgIpc) is 2.90. The zero-order chi connectivity index (χ0) is 18.4. The highest BCUT2D eigenvalue weighted by Crippen LogP contribution is 2.25. The standard InChI is InChI=1S/C18H25N3O4/c1-5-24-18(23)16-15(22)11-25-17(16)20-14-7-6-13(10-12(14)2)19-8-9-21(3)4/h6-7,10,19-20H,5,8-9,11H2,1-4H3. The third-order valence-electron chi connectivity index (χ3n) is 3.70. The number of ketones is 1. The lowest BCUT2D eigenvalue weighted by atomic mass is 10.1. The van der Waals surface area contributed by atoms with E-state index in [4.69, 9.17) is 9.47 Å². The van der Waals surface area contributed by atoms with E-state index in [1.165, 1.54) is 0 Å². The number of carbonyl (C=O) groups is 2. The first-order valence-electron chi connectivity index (χ1n) is 8.26. The lowest BCUT2D eigenvalue weighted by molar-refractivity contribution is -0.139. The number of anilines is 2. The molecule has 0 aliphatic carbocycles. The van der Waals surface area contributed by atoms with Crippen LogP contribution in [-0.2, 0) is 19.1 Å². The molecule has 7 heteroatoms. The van der Waals surface area contributed by atoms with Crippen molar-refractivity contribution in [2.24, 2.45) is 0 Å². The van der Waals surface area contributed by atoms with Crippen LogP contribution >= 0.6 is 0 Å². The Balaban J connectivity index is 2.11. The highest BCUT2D eigenvalue weighted by Gasteiger charge is 2.32. The molecule has 1 aliphatic heterocycles. The number of carbonyl (C=O) groups excluding carboxylic acids is 2. The molecule has 1 aliphatic rings. The largest absolute Gasteiger partial charge is 0.470 e. The summed E-state index contributed by atoms with van der Waals surface area (Å²) in [6, 6.07) is 5.82. The quantitative estimate of drug-likeness (QED) is 0.548. The van der Waals surface area contributed by atoms with Crippen molar-refractivity contribution in [1.29, 1.82) is 0 Å². The lowest BCUT2D eigenvalue weighted by Crippen LogP contribution is -2.20. The van der Waals surface area contributed by atoms with Gasteiger partial charge in [0.1, 0.15) is 0 Å². The molecule has 0 radical (unpaired) electrons. The van der Waals surface area contributed by atoms with Gasteiger partial charge in [0.05, 0.1) is 6.61 Å². The fraction of sp³-hybridized carbons (Fsp3) is 0.444. The molecule has 136 valence electrons. The predicted molar refractivity (Wildman–Crippen MR) is 96.5 cm³/mol. The van der Waals surface area contributed by atoms with Crippen LogP contribution in [0.3, 0.4) is 0 Å². The number of ether oxygens (including phenoxy) is 2. The van der Waals surface area contributed by atoms with Crippen LogP contribution in [0.2, 0.25) is 0 Å². The molecule has 0 saturated carbocycles. The van der Waals surface area contributed by atoms with Crippen LogP contribution in [0, 0.1) is 6.92 Å². The summed E-state index contributed by atoms with van der Waals surface area (Å²) >= 11 is 0. The van der Waals surface area contributed by atoms with E-state index in [9.17, 15) is 9.59 Å². The van der Waals surface area contributed by atoms with Crippen LogP contribution in [0.5, 0.6) is 0 Å². The van der Waals surface area contributed by atoms with Crippen LogP contribution in [-0.4, -0.2) is 57.1 Å². The van der Waals surface area contributed by atoms with Gasteiger partial charge in [0, 0.05) is 24.5 Å². The third-order valence-corrected chi connectivity index (χ3v) is 3.70. The van der Waals surface area contributed by atoms with Gasteiger partial charge in [-0.15, -0.1) is 0 Å². The number of hydrogen-bond acceptors (Lipinski definition) is 7. The highest BCUT2D eigenvalue weighted by molar-refractivity contribution is 6.19. The van der Waals surface area contributed by atoms with Gasteiger partial charge in [-0.25, -0.2) is 4.79 Å². The number of nitrogens with zero attached hydrogens (tertiary/aromatic N) is 1. The van der Waals surface area contributed by atoms with E-state index in [1.807, 2.05) is 39.2 Å². The average molecular weight is 347 g/mol. The van der Waals surface area contributed by atoms with E-state index in [2.05, 4.69) is 15.5 Å². The topological polar surface area (TPSA) is 79.9 Å². The number of rotatable bonds is 8. The van der Waals surface area contributed by atoms with Crippen molar-refractivity contribution < 1.29 is 19.1 Å². The summed E-state index contributed by atoms with van der Waals surface area (Å²) in [6.45, 7) is 5.47. The van der Waals surface area contributed by atoms with Crippen LogP contribution in [0.1, 0.15) is 12.5 Å². The molecular weight excluding hydrogens is 322 g/mol. The van der Waals surface area contributed by atoms with Gasteiger partial charge in [-0.3, -0.25) is 4.79 Å². The van der Waals surface area contributed by atoms with E-state index in [-0.39, 0.29) is 30.5 Å². The smallest absolute Gasteiger partial charge is 0.347 e. The summed E-state index contributed by atoms with van der Waals surface area (Å²) in [4.78, 5) is 25.9. The van der Waals surface area contributed by atoms with Crippen LogP contribution in [0.25, 0.3) is 0 Å². The second-order valence-corrected chi connectivity index (χ2v) is 6.02. The van der Waals surface area contributed by atoms with Crippen LogP contribution in [0.15, 0.2) is 29.7 Å². The van der Waals surface area contributed by atoms with Gasteiger partial charge in [-0.05, 0) is 51.7 Å². The molecule has 1 aromatic rings. The van der Waals surface area contributed by atoms with Gasteiger partial charge in [0.25, 0.3) is 0 Å². The molecule has 0 amide bonds. The van der Waals surface area contributed by atoms with Gasteiger partial charge >= 0.3 is 5.97 Å². The molecule has 7 nitrogen and oxygen atoms in total. The van der Waals surface area contributed by atoms with Gasteiger partial charge in [-0.1, -0.05) is 0 Å². The van der Waals surface area contributed by atoms with E-state index in [0.29, 0.717) is 0 Å². The Morgan fingerprint density at radius 3 is 2.76 bits per heavy atom. The van der Waals surface area contributed by atoms with Crippen LogP contribution < -0.4 is 10.6 Å². The molecule has 0 spiro atoms. The summed E-state index contributed by atoms with van der Waals surface area (Å²) in [5.74, 6) is -0.882. The zero-order valence-corrected chi connectivity index (χ0v) is 15.1. The first-order valence-corrected chi connectivity index (χ1v) is 8.26. The number of likely N-dealkylation sites (N-methyl/N-ethyl adjacent to an activating group) is 1. The maximum Gasteiger partial charge on any atom is 0.347 e. The monoisotopic (exact) mass is 347 g/mol. The molecule has 0 atom stereocenters. The molecule has 0 fully saturated rings. The highest BCUT2D eigenvalue weighted by atomic mass is 16.5. The third kappa shape index (κ3) is 4.96. The van der Waals surface area contributed by atoms with Crippen molar-refractivity contribution in [3.8, 4) is 0 Å². The summed E-state index contributed by atoms with van der Waals surface area (Å²) in [6.07, 6.45) is 0. The van der Waals surface area contributed by atoms with E-state index in [1.54, 1.807) is 6.92 Å². The van der Waals surface area contributed by atoms with Crippen molar-refractivity contribution in [1.82, 2.24) is 4.90 Å². The Morgan fingerprint density at radius 2 is 2.12 bits per heavy atom. The Hall–Kier alpha value is -2.54. The maximum atomic E-state index is 11.9. The Bertz CT molecular complexity index is 683. The first-order chi connectivity index (χ1) is 11.9. The number of aryl methyl sites for hydroxylation is 1. The Morgan fingerprint density at radius 1 is 1.36 bits per heavy atom. The number of Topliss-reactive ketones (excluding diaryl/α,β-unsaturated/α-hetero) is 1. The fourth-order valence-corrected chi connectivity index (χ4v) is 2.38. The van der Waals surface area contributed by atoms with Crippen molar-refractivity contribution in [2.45, 2.75) is 13.8 Å². The summed E-state index contributed by atoms with van der Waals surface area (Å²) in [5, 5.41) is 6.38. The Labute approximate surface area is 148 Å². The normalized spacial score (nSPS) is 13.9. The van der Waals surface area contributed by atoms with Crippen molar-refractivity contribution in [3.63, 3.8) is 0 Å². The number of esters is 1. The Kier molecular flexibility index (Phi) is 6.41. The maximum absolute atomic E-state index is 11.9. The summed E-state index contributed by atoms with van der Waals surface area (Å²) in [5.41, 5.74) is 2.68. The summed E-state index contributed by atoms with van der Waals surface area (Å²) < 4.78 is 10.2.